The maximum Gasteiger partial charge on any atom is 0.348 e. The largest absolute Gasteiger partial charge is 0.462 e. The molecule has 0 radical (unpaired) electrons. The van der Waals surface area contributed by atoms with E-state index < -0.39 is 17.8 Å². The highest BCUT2D eigenvalue weighted by molar-refractivity contribution is 7.21. The van der Waals surface area contributed by atoms with Gasteiger partial charge in [0.05, 0.1) is 23.8 Å². The molecule has 2 aromatic carbocycles. The number of fused-ring (bicyclic) bond motifs is 1. The van der Waals surface area contributed by atoms with E-state index in [1.165, 1.54) is 18.2 Å². The van der Waals surface area contributed by atoms with E-state index in [4.69, 9.17) is 14.7 Å². The van der Waals surface area contributed by atoms with E-state index in [1.807, 2.05) is 6.07 Å². The van der Waals surface area contributed by atoms with Crippen molar-refractivity contribution in [2.24, 2.45) is 0 Å². The second kappa shape index (κ2) is 7.98. The summed E-state index contributed by atoms with van der Waals surface area (Å²) in [6, 6.07) is 12.5. The van der Waals surface area contributed by atoms with E-state index in [2.05, 4.69) is 0 Å². The molecule has 3 rings (SSSR count). The van der Waals surface area contributed by atoms with Crippen molar-refractivity contribution >= 4 is 33.4 Å². The quantitative estimate of drug-likeness (QED) is 0.609. The molecule has 27 heavy (non-hydrogen) atoms. The fourth-order valence-corrected chi connectivity index (χ4v) is 3.72. The summed E-state index contributed by atoms with van der Waals surface area (Å²) in [4.78, 5) is 24.7. The first kappa shape index (κ1) is 18.5. The standard InChI is InChI=1S/C20H14FNO4S/c1-2-25-20(24)18-14(17-15(21)7-4-8-16(17)27-18)11-26-19(23)13-6-3-5-12(9-13)10-22/h3-9H,2,11H2,1H3. The van der Waals surface area contributed by atoms with Gasteiger partial charge in [0.15, 0.2) is 0 Å². The zero-order valence-electron chi connectivity index (χ0n) is 14.3. The second-order valence-electron chi connectivity index (χ2n) is 5.51. The van der Waals surface area contributed by atoms with Gasteiger partial charge in [0.2, 0.25) is 0 Å². The van der Waals surface area contributed by atoms with Crippen LogP contribution in [0.3, 0.4) is 0 Å². The molecule has 0 saturated carbocycles. The molecule has 0 N–H and O–H groups in total. The van der Waals surface area contributed by atoms with Crippen LogP contribution in [-0.2, 0) is 16.1 Å². The smallest absolute Gasteiger partial charge is 0.348 e. The van der Waals surface area contributed by atoms with Crippen molar-refractivity contribution in [3.63, 3.8) is 0 Å². The van der Waals surface area contributed by atoms with Crippen LogP contribution in [0.25, 0.3) is 10.1 Å². The van der Waals surface area contributed by atoms with Crippen molar-refractivity contribution in [3.05, 3.63) is 69.8 Å². The van der Waals surface area contributed by atoms with Gasteiger partial charge in [0.1, 0.15) is 17.3 Å². The number of hydrogen-bond donors (Lipinski definition) is 0. The number of halogens is 1. The third kappa shape index (κ3) is 3.81. The van der Waals surface area contributed by atoms with Crippen LogP contribution in [0, 0.1) is 17.1 Å². The average Bonchev–Trinajstić information content (AvgIpc) is 3.06. The minimum Gasteiger partial charge on any atom is -0.462 e. The molecule has 1 heterocycles. The van der Waals surface area contributed by atoms with E-state index in [-0.39, 0.29) is 34.6 Å². The van der Waals surface area contributed by atoms with Gasteiger partial charge < -0.3 is 9.47 Å². The number of benzene rings is 2. The highest BCUT2D eigenvalue weighted by Gasteiger charge is 2.23. The van der Waals surface area contributed by atoms with Crippen molar-refractivity contribution < 1.29 is 23.5 Å². The molecule has 0 aliphatic heterocycles. The lowest BCUT2D eigenvalue weighted by Gasteiger charge is -2.07. The molecule has 0 amide bonds. The number of rotatable bonds is 5. The summed E-state index contributed by atoms with van der Waals surface area (Å²) >= 11 is 1.09. The molecule has 0 saturated heterocycles. The lowest BCUT2D eigenvalue weighted by Crippen LogP contribution is -2.09. The summed E-state index contributed by atoms with van der Waals surface area (Å²) < 4.78 is 25.2. The van der Waals surface area contributed by atoms with Crippen LogP contribution >= 0.6 is 11.3 Å². The monoisotopic (exact) mass is 383 g/mol. The molecule has 0 spiro atoms. The number of nitrogens with zero attached hydrogens (tertiary/aromatic N) is 1. The molecule has 1 aromatic heterocycles. The van der Waals surface area contributed by atoms with E-state index >= 15 is 0 Å². The summed E-state index contributed by atoms with van der Waals surface area (Å²) in [5, 5.41) is 9.17. The zero-order valence-corrected chi connectivity index (χ0v) is 15.1. The summed E-state index contributed by atoms with van der Waals surface area (Å²) in [5.41, 5.74) is 0.798. The first-order valence-electron chi connectivity index (χ1n) is 8.09. The van der Waals surface area contributed by atoms with Gasteiger partial charge in [0, 0.05) is 15.6 Å². The van der Waals surface area contributed by atoms with Crippen molar-refractivity contribution in [3.8, 4) is 6.07 Å². The van der Waals surface area contributed by atoms with E-state index in [0.717, 1.165) is 11.3 Å². The Labute approximate surface area is 158 Å². The number of thiophene rings is 1. The van der Waals surface area contributed by atoms with Crippen LogP contribution < -0.4 is 0 Å². The molecule has 0 bridgehead atoms. The van der Waals surface area contributed by atoms with Crippen molar-refractivity contribution in [1.82, 2.24) is 0 Å². The summed E-state index contributed by atoms with van der Waals surface area (Å²) in [6.45, 7) is 1.56. The van der Waals surface area contributed by atoms with Gasteiger partial charge in [-0.05, 0) is 37.3 Å². The van der Waals surface area contributed by atoms with Gasteiger partial charge in [-0.25, -0.2) is 14.0 Å². The van der Waals surface area contributed by atoms with Gasteiger partial charge in [-0.1, -0.05) is 12.1 Å². The van der Waals surface area contributed by atoms with Crippen molar-refractivity contribution in [2.45, 2.75) is 13.5 Å². The predicted molar refractivity (Wildman–Crippen MR) is 98.0 cm³/mol. The lowest BCUT2D eigenvalue weighted by molar-refractivity contribution is 0.0454. The Balaban J connectivity index is 1.93. The summed E-state index contributed by atoms with van der Waals surface area (Å²) in [5.74, 6) is -1.76. The number of carbonyl (C=O) groups is 2. The highest BCUT2D eigenvalue weighted by Crippen LogP contribution is 2.34. The molecule has 5 nitrogen and oxygen atoms in total. The van der Waals surface area contributed by atoms with Crippen LogP contribution in [0.5, 0.6) is 0 Å². The topological polar surface area (TPSA) is 76.4 Å². The first-order chi connectivity index (χ1) is 13.0. The Kier molecular flexibility index (Phi) is 5.48. The first-order valence-corrected chi connectivity index (χ1v) is 8.91. The zero-order chi connectivity index (χ0) is 19.4. The highest BCUT2D eigenvalue weighted by atomic mass is 32.1. The molecule has 136 valence electrons. The van der Waals surface area contributed by atoms with Gasteiger partial charge in [0.25, 0.3) is 0 Å². The Morgan fingerprint density at radius 2 is 1.93 bits per heavy atom. The number of carbonyl (C=O) groups excluding carboxylic acids is 2. The fourth-order valence-electron chi connectivity index (χ4n) is 2.60. The minimum absolute atomic E-state index is 0.176. The van der Waals surface area contributed by atoms with E-state index in [1.54, 1.807) is 31.2 Å². The molecular formula is C20H14FNO4S. The molecule has 0 atom stereocenters. The van der Waals surface area contributed by atoms with Crippen LogP contribution in [0.2, 0.25) is 0 Å². The Morgan fingerprint density at radius 1 is 1.15 bits per heavy atom. The number of nitriles is 1. The molecule has 7 heteroatoms. The Morgan fingerprint density at radius 3 is 2.67 bits per heavy atom. The molecule has 0 aliphatic carbocycles. The maximum absolute atomic E-state index is 14.3. The van der Waals surface area contributed by atoms with Gasteiger partial charge in [-0.3, -0.25) is 0 Å². The van der Waals surface area contributed by atoms with Gasteiger partial charge in [-0.15, -0.1) is 11.3 Å². The van der Waals surface area contributed by atoms with Crippen molar-refractivity contribution in [1.29, 1.82) is 5.26 Å². The maximum atomic E-state index is 14.3. The van der Waals surface area contributed by atoms with Crippen LogP contribution in [0.15, 0.2) is 42.5 Å². The van der Waals surface area contributed by atoms with E-state index in [9.17, 15) is 14.0 Å². The van der Waals surface area contributed by atoms with Gasteiger partial charge in [-0.2, -0.15) is 5.26 Å². The van der Waals surface area contributed by atoms with Crippen LogP contribution in [0.1, 0.15) is 38.1 Å². The number of esters is 2. The summed E-state index contributed by atoms with van der Waals surface area (Å²) in [7, 11) is 0. The van der Waals surface area contributed by atoms with Gasteiger partial charge >= 0.3 is 11.9 Å². The normalized spacial score (nSPS) is 10.4. The fraction of sp³-hybridized carbons (Fsp3) is 0.150. The third-order valence-corrected chi connectivity index (χ3v) is 4.98. The number of ether oxygens (including phenoxy) is 2. The summed E-state index contributed by atoms with van der Waals surface area (Å²) in [6.07, 6.45) is 0. The average molecular weight is 383 g/mol. The molecule has 3 aromatic rings. The predicted octanol–water partition coefficient (Wildman–Crippen LogP) is 4.45. The lowest BCUT2D eigenvalue weighted by atomic mass is 10.1. The Hall–Kier alpha value is -3.24. The molecule has 0 fully saturated rings. The molecular weight excluding hydrogens is 369 g/mol. The van der Waals surface area contributed by atoms with Crippen LogP contribution in [-0.4, -0.2) is 18.5 Å². The number of hydrogen-bond acceptors (Lipinski definition) is 6. The SMILES string of the molecule is CCOC(=O)c1sc2cccc(F)c2c1COC(=O)c1cccc(C#N)c1. The van der Waals surface area contributed by atoms with Crippen molar-refractivity contribution in [2.75, 3.05) is 6.61 Å². The van der Waals surface area contributed by atoms with E-state index in [0.29, 0.717) is 10.3 Å². The van der Waals surface area contributed by atoms with Crippen LogP contribution in [0.4, 0.5) is 4.39 Å². The minimum atomic E-state index is -0.669. The molecule has 0 aliphatic rings. The Bertz CT molecular complexity index is 1070. The molecule has 0 unspecified atom stereocenters. The second-order valence-corrected chi connectivity index (χ2v) is 6.56. The third-order valence-electron chi connectivity index (χ3n) is 3.80.